The van der Waals surface area contributed by atoms with E-state index in [9.17, 15) is 14.4 Å². The predicted molar refractivity (Wildman–Crippen MR) is 54.9 cm³/mol. The number of carbonyl (C=O) groups excluding carboxylic acids is 3. The Bertz CT molecular complexity index is 499. The van der Waals surface area contributed by atoms with Crippen molar-refractivity contribution in [3.8, 4) is 6.07 Å². The summed E-state index contributed by atoms with van der Waals surface area (Å²) in [4.78, 5) is 37.1. The molecule has 0 aliphatic carbocycles. The standard InChI is InChI=1S/C11H8N2O4/c1-17-11(16)10(15)4-9(14)8-3-2-7(5-12)6-13-8/h2-3,6H,4H2,1H3. The molecule has 17 heavy (non-hydrogen) atoms. The average Bonchev–Trinajstić information content (AvgIpc) is 2.37. The van der Waals surface area contributed by atoms with E-state index in [1.165, 1.54) is 18.3 Å². The Morgan fingerprint density at radius 2 is 2.12 bits per heavy atom. The molecule has 0 unspecified atom stereocenters. The van der Waals surface area contributed by atoms with Crippen LogP contribution in [0.2, 0.25) is 0 Å². The van der Waals surface area contributed by atoms with Gasteiger partial charge in [0.15, 0.2) is 5.78 Å². The van der Waals surface area contributed by atoms with Crippen molar-refractivity contribution in [2.24, 2.45) is 0 Å². The minimum absolute atomic E-state index is 0.0289. The number of Topliss-reactive ketones (excluding diaryl/α,β-unsaturated/α-hetero) is 2. The van der Waals surface area contributed by atoms with Crippen LogP contribution in [0.5, 0.6) is 0 Å². The highest BCUT2D eigenvalue weighted by molar-refractivity contribution is 6.37. The lowest BCUT2D eigenvalue weighted by Crippen LogP contribution is -2.19. The van der Waals surface area contributed by atoms with E-state index in [1.807, 2.05) is 6.07 Å². The van der Waals surface area contributed by atoms with Crippen LogP contribution < -0.4 is 0 Å². The molecule has 1 heterocycles. The van der Waals surface area contributed by atoms with Gasteiger partial charge >= 0.3 is 5.97 Å². The molecule has 0 saturated heterocycles. The second-order valence-corrected chi connectivity index (χ2v) is 3.06. The molecule has 0 amide bonds. The molecule has 0 saturated carbocycles. The lowest BCUT2D eigenvalue weighted by molar-refractivity contribution is -0.151. The van der Waals surface area contributed by atoms with Gasteiger partial charge in [-0.1, -0.05) is 0 Å². The number of pyridine rings is 1. The molecule has 0 aromatic carbocycles. The number of esters is 1. The summed E-state index contributed by atoms with van der Waals surface area (Å²) in [5, 5.41) is 8.53. The van der Waals surface area contributed by atoms with E-state index in [4.69, 9.17) is 5.26 Å². The summed E-state index contributed by atoms with van der Waals surface area (Å²) >= 11 is 0. The van der Waals surface area contributed by atoms with Crippen LogP contribution in [0, 0.1) is 11.3 Å². The Balaban J connectivity index is 2.74. The minimum Gasteiger partial charge on any atom is -0.463 e. The highest BCUT2D eigenvalue weighted by Crippen LogP contribution is 2.03. The van der Waals surface area contributed by atoms with E-state index in [0.29, 0.717) is 5.56 Å². The Morgan fingerprint density at radius 1 is 1.41 bits per heavy atom. The Morgan fingerprint density at radius 3 is 2.59 bits per heavy atom. The van der Waals surface area contributed by atoms with Gasteiger partial charge in [0.2, 0.25) is 5.78 Å². The van der Waals surface area contributed by atoms with Crippen LogP contribution in [0.15, 0.2) is 18.3 Å². The number of aromatic nitrogens is 1. The topological polar surface area (TPSA) is 97.1 Å². The third-order valence-electron chi connectivity index (χ3n) is 1.91. The first-order chi connectivity index (χ1) is 8.08. The van der Waals surface area contributed by atoms with Crippen molar-refractivity contribution in [2.45, 2.75) is 6.42 Å². The maximum Gasteiger partial charge on any atom is 0.374 e. The van der Waals surface area contributed by atoms with Crippen molar-refractivity contribution in [2.75, 3.05) is 7.11 Å². The SMILES string of the molecule is COC(=O)C(=O)CC(=O)c1ccc(C#N)cn1. The summed E-state index contributed by atoms with van der Waals surface area (Å²) < 4.78 is 4.18. The quantitative estimate of drug-likeness (QED) is 0.320. The fourth-order valence-electron chi connectivity index (χ4n) is 1.05. The largest absolute Gasteiger partial charge is 0.463 e. The number of hydrogen-bond donors (Lipinski definition) is 0. The number of hydrogen-bond acceptors (Lipinski definition) is 6. The molecule has 0 spiro atoms. The molecular weight excluding hydrogens is 224 g/mol. The van der Waals surface area contributed by atoms with Crippen LogP contribution in [0.4, 0.5) is 0 Å². The van der Waals surface area contributed by atoms with Gasteiger partial charge in [0.25, 0.3) is 0 Å². The van der Waals surface area contributed by atoms with Crippen molar-refractivity contribution >= 4 is 17.5 Å². The highest BCUT2D eigenvalue weighted by Gasteiger charge is 2.19. The summed E-state index contributed by atoms with van der Waals surface area (Å²) in [5.41, 5.74) is 0.335. The summed E-state index contributed by atoms with van der Waals surface area (Å²) in [6.07, 6.45) is 0.626. The van der Waals surface area contributed by atoms with Crippen LogP contribution in [0.1, 0.15) is 22.5 Å². The molecule has 0 fully saturated rings. The summed E-state index contributed by atoms with van der Waals surface area (Å²) in [5.74, 6) is -2.58. The lowest BCUT2D eigenvalue weighted by Gasteiger charge is -1.99. The second-order valence-electron chi connectivity index (χ2n) is 3.06. The third kappa shape index (κ3) is 3.21. The van der Waals surface area contributed by atoms with Crippen LogP contribution in [-0.4, -0.2) is 29.6 Å². The first-order valence-electron chi connectivity index (χ1n) is 4.59. The normalized spacial score (nSPS) is 9.18. The summed E-state index contributed by atoms with van der Waals surface area (Å²) in [7, 11) is 1.06. The second kappa shape index (κ2) is 5.51. The first kappa shape index (κ1) is 12.5. The Kier molecular flexibility index (Phi) is 4.06. The number of nitriles is 1. The molecule has 0 aliphatic rings. The zero-order valence-corrected chi connectivity index (χ0v) is 8.97. The van der Waals surface area contributed by atoms with Gasteiger partial charge in [-0.2, -0.15) is 5.26 Å². The first-order valence-corrected chi connectivity index (χ1v) is 4.59. The number of ether oxygens (including phenoxy) is 1. The predicted octanol–water partition coefficient (Wildman–Crippen LogP) is 0.268. The van der Waals surface area contributed by atoms with E-state index >= 15 is 0 Å². The summed E-state index contributed by atoms with van der Waals surface area (Å²) in [6.45, 7) is 0. The molecule has 0 N–H and O–H groups in total. The van der Waals surface area contributed by atoms with Crippen LogP contribution in [0.25, 0.3) is 0 Å². The van der Waals surface area contributed by atoms with Gasteiger partial charge in [-0.05, 0) is 12.1 Å². The van der Waals surface area contributed by atoms with Gasteiger partial charge in [-0.3, -0.25) is 14.6 Å². The number of ketones is 2. The number of rotatable bonds is 4. The molecule has 0 aliphatic heterocycles. The molecular formula is C11H8N2O4. The molecule has 0 atom stereocenters. The Hall–Kier alpha value is -2.55. The molecule has 86 valence electrons. The maximum absolute atomic E-state index is 11.5. The minimum atomic E-state index is -1.06. The fourth-order valence-corrected chi connectivity index (χ4v) is 1.05. The van der Waals surface area contributed by atoms with E-state index in [-0.39, 0.29) is 5.69 Å². The van der Waals surface area contributed by atoms with E-state index in [1.54, 1.807) is 0 Å². The van der Waals surface area contributed by atoms with Crippen LogP contribution >= 0.6 is 0 Å². The molecule has 6 nitrogen and oxygen atoms in total. The number of nitrogens with zero attached hydrogens (tertiary/aromatic N) is 2. The highest BCUT2D eigenvalue weighted by atomic mass is 16.5. The zero-order valence-electron chi connectivity index (χ0n) is 8.97. The maximum atomic E-state index is 11.5. The molecule has 0 bridgehead atoms. The third-order valence-corrected chi connectivity index (χ3v) is 1.91. The lowest BCUT2D eigenvalue weighted by atomic mass is 10.1. The molecule has 1 rings (SSSR count). The van der Waals surface area contributed by atoms with Crippen LogP contribution in [-0.2, 0) is 14.3 Å². The van der Waals surface area contributed by atoms with E-state index in [2.05, 4.69) is 9.72 Å². The molecule has 1 aromatic heterocycles. The Labute approximate surface area is 96.8 Å². The van der Waals surface area contributed by atoms with Crippen molar-refractivity contribution in [1.29, 1.82) is 5.26 Å². The van der Waals surface area contributed by atoms with Crippen molar-refractivity contribution in [3.05, 3.63) is 29.6 Å². The molecule has 1 aromatic rings. The van der Waals surface area contributed by atoms with E-state index < -0.39 is 24.0 Å². The van der Waals surface area contributed by atoms with Gasteiger partial charge < -0.3 is 4.74 Å². The van der Waals surface area contributed by atoms with Gasteiger partial charge in [-0.25, -0.2) is 4.79 Å². The van der Waals surface area contributed by atoms with E-state index in [0.717, 1.165) is 7.11 Å². The van der Waals surface area contributed by atoms with Crippen molar-refractivity contribution in [1.82, 2.24) is 4.98 Å². The van der Waals surface area contributed by atoms with Gasteiger partial charge in [-0.15, -0.1) is 0 Å². The van der Waals surface area contributed by atoms with Gasteiger partial charge in [0, 0.05) is 6.20 Å². The average molecular weight is 232 g/mol. The van der Waals surface area contributed by atoms with Gasteiger partial charge in [0.05, 0.1) is 19.1 Å². The van der Waals surface area contributed by atoms with Crippen molar-refractivity contribution in [3.63, 3.8) is 0 Å². The summed E-state index contributed by atoms with van der Waals surface area (Å²) in [6, 6.07) is 4.58. The smallest absolute Gasteiger partial charge is 0.374 e. The number of carbonyl (C=O) groups is 3. The zero-order chi connectivity index (χ0) is 12.8. The molecule has 0 radical (unpaired) electrons. The van der Waals surface area contributed by atoms with Gasteiger partial charge in [0.1, 0.15) is 11.8 Å². The fraction of sp³-hybridized carbons (Fsp3) is 0.182. The monoisotopic (exact) mass is 232 g/mol. The van der Waals surface area contributed by atoms with Crippen molar-refractivity contribution < 1.29 is 19.1 Å². The van der Waals surface area contributed by atoms with Crippen LogP contribution in [0.3, 0.4) is 0 Å². The number of methoxy groups -OCH3 is 1. The molecule has 6 heteroatoms.